The predicted octanol–water partition coefficient (Wildman–Crippen LogP) is 1.45. The summed E-state index contributed by atoms with van der Waals surface area (Å²) >= 11 is 5.97. The van der Waals surface area contributed by atoms with E-state index in [9.17, 15) is 0 Å². The van der Waals surface area contributed by atoms with Crippen LogP contribution in [0.25, 0.3) is 0 Å². The summed E-state index contributed by atoms with van der Waals surface area (Å²) < 4.78 is 0. The lowest BCUT2D eigenvalue weighted by Crippen LogP contribution is -2.25. The lowest BCUT2D eigenvalue weighted by molar-refractivity contribution is 0.808. The lowest BCUT2D eigenvalue weighted by Gasteiger charge is -2.21. The summed E-state index contributed by atoms with van der Waals surface area (Å²) in [5.41, 5.74) is 5.57. The zero-order valence-corrected chi connectivity index (χ0v) is 9.20. The molecule has 0 spiro atoms. The molecule has 80 valence electrons. The Hall–Kier alpha value is -1.54. The smallest absolute Gasteiger partial charge is 0.153 e. The standard InChI is InChI=1S/C9H12ClN5/c1-2-15(5-3-4-11)9-7(10)8(12)13-6-14-9/h6H,2-3,5H2,1H3,(H2,12,13,14). The topological polar surface area (TPSA) is 78.8 Å². The molecule has 0 bridgehead atoms. The van der Waals surface area contributed by atoms with Gasteiger partial charge in [0.05, 0.1) is 12.5 Å². The number of nitrogens with zero attached hydrogens (tertiary/aromatic N) is 4. The quantitative estimate of drug-likeness (QED) is 0.839. The van der Waals surface area contributed by atoms with Gasteiger partial charge >= 0.3 is 0 Å². The van der Waals surface area contributed by atoms with Crippen molar-refractivity contribution in [2.45, 2.75) is 13.3 Å². The molecule has 0 aromatic carbocycles. The molecule has 2 N–H and O–H groups in total. The molecule has 0 saturated carbocycles. The van der Waals surface area contributed by atoms with Crippen LogP contribution in [0.3, 0.4) is 0 Å². The lowest BCUT2D eigenvalue weighted by atomic mass is 10.4. The van der Waals surface area contributed by atoms with Crippen molar-refractivity contribution >= 4 is 23.2 Å². The van der Waals surface area contributed by atoms with E-state index >= 15 is 0 Å². The minimum absolute atomic E-state index is 0.261. The molecule has 1 aromatic heterocycles. The second-order valence-corrected chi connectivity index (χ2v) is 3.26. The average Bonchev–Trinajstić information content (AvgIpc) is 2.25. The molecule has 6 heteroatoms. The Morgan fingerprint density at radius 2 is 2.33 bits per heavy atom. The summed E-state index contributed by atoms with van der Waals surface area (Å²) in [6, 6.07) is 2.08. The van der Waals surface area contributed by atoms with Gasteiger partial charge in [-0.05, 0) is 6.92 Å². The van der Waals surface area contributed by atoms with Crippen molar-refractivity contribution in [3.05, 3.63) is 11.3 Å². The van der Waals surface area contributed by atoms with E-state index in [4.69, 9.17) is 22.6 Å². The van der Waals surface area contributed by atoms with Crippen molar-refractivity contribution in [2.24, 2.45) is 0 Å². The number of halogens is 1. The zero-order valence-electron chi connectivity index (χ0n) is 8.44. The first kappa shape index (κ1) is 11.5. The van der Waals surface area contributed by atoms with E-state index in [2.05, 4.69) is 16.0 Å². The summed E-state index contributed by atoms with van der Waals surface area (Å²) in [5, 5.41) is 8.86. The molecule has 0 radical (unpaired) electrons. The van der Waals surface area contributed by atoms with E-state index in [1.807, 2.05) is 11.8 Å². The van der Waals surface area contributed by atoms with Gasteiger partial charge < -0.3 is 10.6 Å². The van der Waals surface area contributed by atoms with Gasteiger partial charge in [0.2, 0.25) is 0 Å². The van der Waals surface area contributed by atoms with Crippen molar-refractivity contribution in [3.8, 4) is 6.07 Å². The number of hydrogen-bond donors (Lipinski definition) is 1. The van der Waals surface area contributed by atoms with E-state index in [0.29, 0.717) is 23.8 Å². The monoisotopic (exact) mass is 225 g/mol. The SMILES string of the molecule is CCN(CCC#N)c1ncnc(N)c1Cl. The fourth-order valence-electron chi connectivity index (χ4n) is 1.19. The molecule has 0 aliphatic heterocycles. The molecule has 0 aliphatic rings. The van der Waals surface area contributed by atoms with Gasteiger partial charge in [0.25, 0.3) is 0 Å². The third-order valence-electron chi connectivity index (χ3n) is 1.97. The fraction of sp³-hybridized carbons (Fsp3) is 0.444. The number of rotatable bonds is 4. The van der Waals surface area contributed by atoms with Gasteiger partial charge in [-0.15, -0.1) is 0 Å². The van der Waals surface area contributed by atoms with Gasteiger partial charge in [-0.3, -0.25) is 0 Å². The number of hydrogen-bond acceptors (Lipinski definition) is 5. The molecule has 1 heterocycles. The first-order valence-electron chi connectivity index (χ1n) is 4.58. The number of anilines is 2. The van der Waals surface area contributed by atoms with E-state index in [0.717, 1.165) is 6.54 Å². The highest BCUT2D eigenvalue weighted by atomic mass is 35.5. The van der Waals surface area contributed by atoms with Crippen LogP contribution in [0.4, 0.5) is 11.6 Å². The highest BCUT2D eigenvalue weighted by Gasteiger charge is 2.12. The summed E-state index contributed by atoms with van der Waals surface area (Å²) in [6.45, 7) is 3.27. The molecule has 0 atom stereocenters. The van der Waals surface area contributed by atoms with Crippen molar-refractivity contribution in [1.82, 2.24) is 9.97 Å². The molecular weight excluding hydrogens is 214 g/mol. The maximum absolute atomic E-state index is 8.51. The summed E-state index contributed by atoms with van der Waals surface area (Å²) in [5.74, 6) is 0.846. The van der Waals surface area contributed by atoms with Gasteiger partial charge in [0.1, 0.15) is 17.2 Å². The molecular formula is C9H12ClN5. The molecule has 0 amide bonds. The van der Waals surface area contributed by atoms with Crippen LogP contribution in [0.5, 0.6) is 0 Å². The third kappa shape index (κ3) is 2.70. The summed E-state index contributed by atoms with van der Waals surface area (Å²) in [4.78, 5) is 9.73. The van der Waals surface area contributed by atoms with Gasteiger partial charge in [-0.2, -0.15) is 5.26 Å². The van der Waals surface area contributed by atoms with Crippen LogP contribution in [0.1, 0.15) is 13.3 Å². The molecule has 0 aliphatic carbocycles. The summed E-state index contributed by atoms with van der Waals surface area (Å²) in [7, 11) is 0. The largest absolute Gasteiger partial charge is 0.382 e. The van der Waals surface area contributed by atoms with Crippen molar-refractivity contribution < 1.29 is 0 Å². The molecule has 0 unspecified atom stereocenters. The van der Waals surface area contributed by atoms with E-state index < -0.39 is 0 Å². The second-order valence-electron chi connectivity index (χ2n) is 2.88. The zero-order chi connectivity index (χ0) is 11.3. The molecule has 1 aromatic rings. The van der Waals surface area contributed by atoms with E-state index in [1.54, 1.807) is 0 Å². The van der Waals surface area contributed by atoms with Gasteiger partial charge in [-0.1, -0.05) is 11.6 Å². The second kappa shape index (κ2) is 5.37. The maximum atomic E-state index is 8.51. The third-order valence-corrected chi connectivity index (χ3v) is 2.34. The number of nitrogen functional groups attached to an aromatic ring is 1. The van der Waals surface area contributed by atoms with Crippen LogP contribution in [-0.4, -0.2) is 23.1 Å². The first-order chi connectivity index (χ1) is 7.20. The normalized spacial score (nSPS) is 9.67. The maximum Gasteiger partial charge on any atom is 0.153 e. The molecule has 1 rings (SSSR count). The number of nitriles is 1. The highest BCUT2D eigenvalue weighted by molar-refractivity contribution is 6.35. The Morgan fingerprint density at radius 1 is 1.60 bits per heavy atom. The van der Waals surface area contributed by atoms with E-state index in [-0.39, 0.29) is 5.82 Å². The van der Waals surface area contributed by atoms with Gasteiger partial charge in [-0.25, -0.2) is 9.97 Å². The minimum atomic E-state index is 0.261. The minimum Gasteiger partial charge on any atom is -0.382 e. The number of nitrogens with two attached hydrogens (primary N) is 1. The summed E-state index contributed by atoms with van der Waals surface area (Å²) in [6.07, 6.45) is 1.79. The Labute approximate surface area is 93.5 Å². The Bertz CT molecular complexity index is 373. The van der Waals surface area contributed by atoms with Gasteiger partial charge in [0.15, 0.2) is 5.82 Å². The van der Waals surface area contributed by atoms with Crippen molar-refractivity contribution in [2.75, 3.05) is 23.7 Å². The van der Waals surface area contributed by atoms with E-state index in [1.165, 1.54) is 6.33 Å². The van der Waals surface area contributed by atoms with Crippen LogP contribution in [0.2, 0.25) is 5.02 Å². The van der Waals surface area contributed by atoms with Crippen LogP contribution in [-0.2, 0) is 0 Å². The highest BCUT2D eigenvalue weighted by Crippen LogP contribution is 2.26. The van der Waals surface area contributed by atoms with Crippen molar-refractivity contribution in [1.29, 1.82) is 5.26 Å². The van der Waals surface area contributed by atoms with Crippen LogP contribution in [0.15, 0.2) is 6.33 Å². The number of aromatic nitrogens is 2. The van der Waals surface area contributed by atoms with Crippen LogP contribution in [0, 0.1) is 11.3 Å². The molecule has 0 fully saturated rings. The molecule has 0 saturated heterocycles. The molecule has 15 heavy (non-hydrogen) atoms. The Morgan fingerprint density at radius 3 is 2.93 bits per heavy atom. The fourth-order valence-corrected chi connectivity index (χ4v) is 1.41. The van der Waals surface area contributed by atoms with Gasteiger partial charge in [0, 0.05) is 13.1 Å². The van der Waals surface area contributed by atoms with Crippen molar-refractivity contribution in [3.63, 3.8) is 0 Å². The first-order valence-corrected chi connectivity index (χ1v) is 4.96. The predicted molar refractivity (Wildman–Crippen MR) is 59.6 cm³/mol. The molecule has 5 nitrogen and oxygen atoms in total. The Kier molecular flexibility index (Phi) is 4.13. The average molecular weight is 226 g/mol. The Balaban J connectivity index is 2.92. The van der Waals surface area contributed by atoms with Crippen LogP contribution < -0.4 is 10.6 Å². The van der Waals surface area contributed by atoms with Crippen LogP contribution >= 0.6 is 11.6 Å².